The molecule has 0 saturated carbocycles. The van der Waals surface area contributed by atoms with E-state index in [-0.39, 0.29) is 6.61 Å². The monoisotopic (exact) mass is 576 g/mol. The van der Waals surface area contributed by atoms with E-state index in [9.17, 15) is 15.3 Å². The quantitative estimate of drug-likeness (QED) is 0.211. The highest BCUT2D eigenvalue weighted by Crippen LogP contribution is 2.35. The van der Waals surface area contributed by atoms with Crippen LogP contribution in [0.3, 0.4) is 0 Å². The van der Waals surface area contributed by atoms with Crippen LogP contribution in [-0.2, 0) is 24.4 Å². The fourth-order valence-corrected chi connectivity index (χ4v) is 5.01. The molecule has 4 atom stereocenters. The van der Waals surface area contributed by atoms with E-state index in [0.29, 0.717) is 42.6 Å². The van der Waals surface area contributed by atoms with Crippen LogP contribution in [0.4, 0.5) is 0 Å². The van der Waals surface area contributed by atoms with Gasteiger partial charge in [0.1, 0.15) is 42.2 Å². The molecule has 1 aliphatic heterocycles. The number of nitrogens with one attached hydrogen (secondary N) is 1. The lowest BCUT2D eigenvalue weighted by Gasteiger charge is -2.34. The Morgan fingerprint density at radius 3 is 2.40 bits per heavy atom. The molecule has 0 amide bonds. The summed E-state index contributed by atoms with van der Waals surface area (Å²) in [4.78, 5) is 0. The van der Waals surface area contributed by atoms with Gasteiger partial charge in [-0.1, -0.05) is 53.7 Å². The number of hydrogen-bond acceptors (Lipinski definition) is 10. The van der Waals surface area contributed by atoms with Crippen molar-refractivity contribution < 1.29 is 34.3 Å². The van der Waals surface area contributed by atoms with Crippen molar-refractivity contribution in [1.82, 2.24) is 20.3 Å². The summed E-state index contributed by atoms with van der Waals surface area (Å²) in [6.45, 7) is 3.14. The van der Waals surface area contributed by atoms with Crippen molar-refractivity contribution in [2.75, 3.05) is 20.8 Å². The van der Waals surface area contributed by atoms with Crippen molar-refractivity contribution in [1.29, 1.82) is 0 Å². The lowest BCUT2D eigenvalue weighted by atomic mass is 9.97. The third-order valence-corrected chi connectivity index (χ3v) is 7.41. The Balaban J connectivity index is 1.23. The molecule has 222 valence electrons. The average Bonchev–Trinajstić information content (AvgIpc) is 3.48. The number of aliphatic hydroxyl groups excluding tert-OH is 3. The number of aromatic nitrogens is 3. The van der Waals surface area contributed by atoms with E-state index >= 15 is 0 Å². The summed E-state index contributed by atoms with van der Waals surface area (Å²) in [5.41, 5.74) is 6.00. The summed E-state index contributed by atoms with van der Waals surface area (Å²) in [7, 11) is 3.20. The number of hydrogen-bond donors (Lipinski definition) is 4. The van der Waals surface area contributed by atoms with Gasteiger partial charge in [0.2, 0.25) is 0 Å². The molecular formula is C31H36N4O7. The molecule has 11 heteroatoms. The van der Waals surface area contributed by atoms with Crippen LogP contribution in [0.25, 0.3) is 11.1 Å². The first kappa shape index (κ1) is 29.5. The van der Waals surface area contributed by atoms with Gasteiger partial charge in [0.15, 0.2) is 6.23 Å². The molecule has 3 aromatic carbocycles. The maximum Gasteiger partial charge on any atom is 0.180 e. The van der Waals surface area contributed by atoms with Gasteiger partial charge in [-0.25, -0.2) is 4.68 Å². The van der Waals surface area contributed by atoms with Gasteiger partial charge in [0, 0.05) is 25.2 Å². The molecule has 2 heterocycles. The molecule has 1 aromatic heterocycles. The molecule has 1 aliphatic rings. The Hall–Kier alpha value is -4.00. The maximum atomic E-state index is 10.2. The first-order valence-corrected chi connectivity index (χ1v) is 13.7. The minimum atomic E-state index is -1.33. The summed E-state index contributed by atoms with van der Waals surface area (Å²) in [5, 5.41) is 41.3. The van der Waals surface area contributed by atoms with Crippen molar-refractivity contribution in [3.8, 4) is 28.4 Å². The van der Waals surface area contributed by atoms with E-state index in [1.807, 2.05) is 36.4 Å². The molecule has 42 heavy (non-hydrogen) atoms. The zero-order chi connectivity index (χ0) is 29.6. The number of rotatable bonds is 11. The molecule has 1 saturated heterocycles. The second kappa shape index (κ2) is 13.3. The standard InChI is InChI=1S/C31H36N4O7/c1-19-21(10-7-11-24(19)20-8-5-4-6-9-20)17-41-23-12-27(39-2)25(28(13-23)40-3)15-32-14-22-16-35(34-33-22)31-30(38)29(37)26(36)18-42-31/h4-13,16,26,29-32,36-38H,14-15,17-18H2,1-3H3/t26-,29-,30+,31+/m0/s1. The minimum absolute atomic E-state index is 0.116. The molecule has 0 aliphatic carbocycles. The highest BCUT2D eigenvalue weighted by Gasteiger charge is 2.39. The van der Waals surface area contributed by atoms with Crippen molar-refractivity contribution in [2.24, 2.45) is 0 Å². The normalized spacial score (nSPS) is 20.3. The van der Waals surface area contributed by atoms with Crippen LogP contribution in [-0.4, -0.2) is 69.5 Å². The van der Waals surface area contributed by atoms with Crippen LogP contribution in [0, 0.1) is 6.92 Å². The Morgan fingerprint density at radius 2 is 1.69 bits per heavy atom. The van der Waals surface area contributed by atoms with Gasteiger partial charge in [-0.05, 0) is 29.2 Å². The van der Waals surface area contributed by atoms with E-state index in [4.69, 9.17) is 18.9 Å². The number of nitrogens with zero attached hydrogens (tertiary/aromatic N) is 3. The number of benzene rings is 3. The third-order valence-electron chi connectivity index (χ3n) is 7.41. The van der Waals surface area contributed by atoms with Crippen LogP contribution < -0.4 is 19.5 Å². The SMILES string of the molecule is COc1cc(OCc2cccc(-c3ccccc3)c2C)cc(OC)c1CNCc1cn([C@@H]2OC[C@H](O)[C@H](O)[C@H]2O)nn1. The fraction of sp³-hybridized carbons (Fsp3) is 0.355. The van der Waals surface area contributed by atoms with E-state index in [2.05, 4.69) is 46.8 Å². The lowest BCUT2D eigenvalue weighted by molar-refractivity contribution is -0.214. The van der Waals surface area contributed by atoms with Gasteiger partial charge < -0.3 is 39.6 Å². The van der Waals surface area contributed by atoms with Crippen LogP contribution in [0.15, 0.2) is 66.9 Å². The van der Waals surface area contributed by atoms with Crippen molar-refractivity contribution in [3.05, 3.63) is 89.2 Å². The van der Waals surface area contributed by atoms with Crippen LogP contribution >= 0.6 is 0 Å². The number of aliphatic hydroxyl groups is 3. The van der Waals surface area contributed by atoms with E-state index < -0.39 is 24.5 Å². The number of methoxy groups -OCH3 is 2. The summed E-state index contributed by atoms with van der Waals surface area (Å²) >= 11 is 0. The maximum absolute atomic E-state index is 10.2. The Kier molecular flexibility index (Phi) is 9.35. The Labute approximate surface area is 244 Å². The molecule has 4 N–H and O–H groups in total. The molecule has 4 aromatic rings. The van der Waals surface area contributed by atoms with Gasteiger partial charge in [-0.15, -0.1) is 5.10 Å². The van der Waals surface area contributed by atoms with Crippen LogP contribution in [0.2, 0.25) is 0 Å². The van der Waals surface area contributed by atoms with Gasteiger partial charge >= 0.3 is 0 Å². The summed E-state index contributed by atoms with van der Waals surface area (Å²) in [5.74, 6) is 1.85. The van der Waals surface area contributed by atoms with Crippen LogP contribution in [0.1, 0.15) is 28.6 Å². The van der Waals surface area contributed by atoms with Crippen molar-refractivity contribution in [2.45, 2.75) is 51.2 Å². The van der Waals surface area contributed by atoms with E-state index in [1.165, 1.54) is 15.8 Å². The topological polar surface area (TPSA) is 140 Å². The third kappa shape index (κ3) is 6.40. The molecule has 5 rings (SSSR count). The summed E-state index contributed by atoms with van der Waals surface area (Å²) in [6.07, 6.45) is -3.14. The summed E-state index contributed by atoms with van der Waals surface area (Å²) in [6, 6.07) is 20.2. The largest absolute Gasteiger partial charge is 0.496 e. The molecule has 0 bridgehead atoms. The smallest absolute Gasteiger partial charge is 0.180 e. The highest BCUT2D eigenvalue weighted by molar-refractivity contribution is 5.68. The number of ether oxygens (including phenoxy) is 4. The second-order valence-corrected chi connectivity index (χ2v) is 10.1. The minimum Gasteiger partial charge on any atom is -0.496 e. The predicted molar refractivity (Wildman–Crippen MR) is 154 cm³/mol. The zero-order valence-corrected chi connectivity index (χ0v) is 23.8. The van der Waals surface area contributed by atoms with E-state index in [0.717, 1.165) is 16.7 Å². The van der Waals surface area contributed by atoms with Gasteiger partial charge in [-0.2, -0.15) is 0 Å². The van der Waals surface area contributed by atoms with Gasteiger partial charge in [0.05, 0.1) is 38.3 Å². The van der Waals surface area contributed by atoms with E-state index in [1.54, 1.807) is 20.4 Å². The lowest BCUT2D eigenvalue weighted by Crippen LogP contribution is -2.50. The van der Waals surface area contributed by atoms with Crippen LogP contribution in [0.5, 0.6) is 17.2 Å². The average molecular weight is 577 g/mol. The highest BCUT2D eigenvalue weighted by atomic mass is 16.5. The predicted octanol–water partition coefficient (Wildman–Crippen LogP) is 2.75. The molecule has 0 spiro atoms. The van der Waals surface area contributed by atoms with Gasteiger partial charge in [-0.3, -0.25) is 0 Å². The summed E-state index contributed by atoms with van der Waals surface area (Å²) < 4.78 is 24.3. The molecule has 0 radical (unpaired) electrons. The second-order valence-electron chi connectivity index (χ2n) is 10.1. The Bertz CT molecular complexity index is 1450. The molecule has 0 unspecified atom stereocenters. The fourth-order valence-electron chi connectivity index (χ4n) is 5.01. The molecule has 1 fully saturated rings. The Morgan fingerprint density at radius 1 is 0.952 bits per heavy atom. The zero-order valence-electron chi connectivity index (χ0n) is 23.8. The van der Waals surface area contributed by atoms with Crippen molar-refractivity contribution >= 4 is 0 Å². The van der Waals surface area contributed by atoms with Gasteiger partial charge in [0.25, 0.3) is 0 Å². The van der Waals surface area contributed by atoms with Crippen molar-refractivity contribution in [3.63, 3.8) is 0 Å². The first-order valence-electron chi connectivity index (χ1n) is 13.7. The molecule has 11 nitrogen and oxygen atoms in total. The first-order chi connectivity index (χ1) is 20.4. The molecular weight excluding hydrogens is 540 g/mol.